The highest BCUT2D eigenvalue weighted by Crippen LogP contribution is 2.36. The quantitative estimate of drug-likeness (QED) is 0.382. The van der Waals surface area contributed by atoms with Crippen LogP contribution in [0.15, 0.2) is 60.7 Å². The van der Waals surface area contributed by atoms with Gasteiger partial charge in [0.1, 0.15) is 17.6 Å². The van der Waals surface area contributed by atoms with E-state index in [2.05, 4.69) is 5.32 Å². The summed E-state index contributed by atoms with van der Waals surface area (Å²) >= 11 is 1.22. The molecule has 0 saturated carbocycles. The average Bonchev–Trinajstić information content (AvgIpc) is 3.35. The minimum absolute atomic E-state index is 0.187. The SMILES string of the molecule is CCOC(=O)c1cc(-c2ccccc2)sc1NC(=O)CN1C(=O)[C@H](C)N(c2ccc(C)cc2)C1=O. The number of hydrogen-bond acceptors (Lipinski definition) is 6. The number of ether oxygens (including phenoxy) is 1. The van der Waals surface area contributed by atoms with Crippen LogP contribution in [0.1, 0.15) is 29.8 Å². The molecule has 0 aliphatic carbocycles. The molecule has 0 spiro atoms. The highest BCUT2D eigenvalue weighted by molar-refractivity contribution is 7.20. The van der Waals surface area contributed by atoms with E-state index in [1.54, 1.807) is 32.0 Å². The molecule has 0 radical (unpaired) electrons. The number of benzene rings is 2. The summed E-state index contributed by atoms with van der Waals surface area (Å²) in [5.41, 5.74) is 2.72. The molecule has 4 rings (SSSR count). The van der Waals surface area contributed by atoms with Crippen LogP contribution < -0.4 is 10.2 Å². The Morgan fingerprint density at radius 1 is 1.06 bits per heavy atom. The summed E-state index contributed by atoms with van der Waals surface area (Å²) in [6.45, 7) is 4.98. The third-order valence-corrected chi connectivity index (χ3v) is 6.70. The van der Waals surface area contributed by atoms with Crippen LogP contribution in [0.5, 0.6) is 0 Å². The van der Waals surface area contributed by atoms with E-state index in [4.69, 9.17) is 4.74 Å². The second kappa shape index (κ2) is 10.1. The predicted molar refractivity (Wildman–Crippen MR) is 135 cm³/mol. The van der Waals surface area contributed by atoms with Crippen LogP contribution in [0.3, 0.4) is 0 Å². The second-order valence-electron chi connectivity index (χ2n) is 8.08. The summed E-state index contributed by atoms with van der Waals surface area (Å²) in [6, 6.07) is 17.0. The molecule has 0 unspecified atom stereocenters. The Balaban J connectivity index is 1.54. The molecule has 1 N–H and O–H groups in total. The number of aryl methyl sites for hydroxylation is 1. The molecule has 1 aliphatic rings. The van der Waals surface area contributed by atoms with E-state index in [0.717, 1.165) is 20.9 Å². The van der Waals surface area contributed by atoms with Crippen LogP contribution in [0.4, 0.5) is 15.5 Å². The normalized spacial score (nSPS) is 15.5. The monoisotopic (exact) mass is 491 g/mol. The third-order valence-electron chi connectivity index (χ3n) is 5.60. The number of imide groups is 1. The van der Waals surface area contributed by atoms with Crippen molar-refractivity contribution in [2.75, 3.05) is 23.4 Å². The Morgan fingerprint density at radius 2 is 1.74 bits per heavy atom. The van der Waals surface area contributed by atoms with Crippen LogP contribution in [-0.4, -0.2) is 47.9 Å². The van der Waals surface area contributed by atoms with Gasteiger partial charge in [0.25, 0.3) is 5.91 Å². The van der Waals surface area contributed by atoms with Crippen molar-refractivity contribution < 1.29 is 23.9 Å². The van der Waals surface area contributed by atoms with Crippen molar-refractivity contribution >= 4 is 45.8 Å². The van der Waals surface area contributed by atoms with Gasteiger partial charge in [0.05, 0.1) is 12.2 Å². The fourth-order valence-corrected chi connectivity index (χ4v) is 4.88. The van der Waals surface area contributed by atoms with Gasteiger partial charge < -0.3 is 10.1 Å². The molecule has 3 aromatic rings. The summed E-state index contributed by atoms with van der Waals surface area (Å²) in [4.78, 5) is 54.3. The Bertz CT molecular complexity index is 1270. The fourth-order valence-electron chi connectivity index (χ4n) is 3.81. The van der Waals surface area contributed by atoms with E-state index in [1.807, 2.05) is 49.4 Å². The number of anilines is 2. The van der Waals surface area contributed by atoms with Gasteiger partial charge in [-0.05, 0) is 44.5 Å². The van der Waals surface area contributed by atoms with Gasteiger partial charge in [-0.2, -0.15) is 0 Å². The van der Waals surface area contributed by atoms with Crippen molar-refractivity contribution in [3.63, 3.8) is 0 Å². The summed E-state index contributed by atoms with van der Waals surface area (Å²) in [5, 5.41) is 3.00. The van der Waals surface area contributed by atoms with E-state index < -0.39 is 36.4 Å². The van der Waals surface area contributed by atoms with Crippen molar-refractivity contribution in [2.45, 2.75) is 26.8 Å². The second-order valence-corrected chi connectivity index (χ2v) is 9.13. The molecule has 8 nitrogen and oxygen atoms in total. The van der Waals surface area contributed by atoms with Gasteiger partial charge in [0, 0.05) is 10.6 Å². The van der Waals surface area contributed by atoms with Gasteiger partial charge in [-0.25, -0.2) is 9.59 Å². The first kappa shape index (κ1) is 24.2. The molecule has 1 saturated heterocycles. The van der Waals surface area contributed by atoms with Crippen LogP contribution in [0.2, 0.25) is 0 Å². The van der Waals surface area contributed by atoms with Gasteiger partial charge in [-0.3, -0.25) is 19.4 Å². The van der Waals surface area contributed by atoms with Gasteiger partial charge in [0.2, 0.25) is 5.91 Å². The van der Waals surface area contributed by atoms with E-state index in [1.165, 1.54) is 16.2 Å². The molecular weight excluding hydrogens is 466 g/mol. The lowest BCUT2D eigenvalue weighted by atomic mass is 10.1. The Kier molecular flexibility index (Phi) is 6.97. The maximum atomic E-state index is 13.0. The van der Waals surface area contributed by atoms with Gasteiger partial charge >= 0.3 is 12.0 Å². The Hall–Kier alpha value is -3.98. The topological polar surface area (TPSA) is 96.0 Å². The lowest BCUT2D eigenvalue weighted by molar-refractivity contribution is -0.130. The molecule has 35 heavy (non-hydrogen) atoms. The minimum atomic E-state index is -0.737. The standard InChI is InChI=1S/C26H25N3O5S/c1-4-34-25(32)20-14-21(18-8-6-5-7-9-18)35-23(20)27-22(30)15-28-24(31)17(3)29(26(28)33)19-12-10-16(2)11-13-19/h5-14,17H,4,15H2,1-3H3,(H,27,30)/t17-/m0/s1. The van der Waals surface area contributed by atoms with Gasteiger partial charge in [0.15, 0.2) is 0 Å². The molecule has 1 aliphatic heterocycles. The molecule has 1 aromatic heterocycles. The van der Waals surface area contributed by atoms with E-state index in [0.29, 0.717) is 10.7 Å². The average molecular weight is 492 g/mol. The fraction of sp³-hybridized carbons (Fsp3) is 0.231. The first-order chi connectivity index (χ1) is 16.8. The lowest BCUT2D eigenvalue weighted by Gasteiger charge is -2.19. The largest absolute Gasteiger partial charge is 0.462 e. The number of urea groups is 1. The molecule has 9 heteroatoms. The smallest absolute Gasteiger partial charge is 0.341 e. The zero-order chi connectivity index (χ0) is 25.1. The number of thiophene rings is 1. The maximum absolute atomic E-state index is 13.0. The number of carbonyl (C=O) groups is 4. The van der Waals surface area contributed by atoms with Crippen molar-refractivity contribution in [3.05, 3.63) is 71.8 Å². The first-order valence-corrected chi connectivity index (χ1v) is 12.0. The molecule has 180 valence electrons. The Labute approximate surface area is 207 Å². The van der Waals surface area contributed by atoms with E-state index in [9.17, 15) is 19.2 Å². The zero-order valence-electron chi connectivity index (χ0n) is 19.6. The molecule has 0 bridgehead atoms. The number of rotatable bonds is 7. The lowest BCUT2D eigenvalue weighted by Crippen LogP contribution is -2.39. The van der Waals surface area contributed by atoms with E-state index >= 15 is 0 Å². The first-order valence-electron chi connectivity index (χ1n) is 11.2. The number of esters is 1. The number of nitrogens with one attached hydrogen (secondary N) is 1. The highest BCUT2D eigenvalue weighted by Gasteiger charge is 2.44. The molecule has 2 aromatic carbocycles. The van der Waals surface area contributed by atoms with Crippen LogP contribution >= 0.6 is 11.3 Å². The predicted octanol–water partition coefficient (Wildman–Crippen LogP) is 4.70. The molecule has 1 fully saturated rings. The maximum Gasteiger partial charge on any atom is 0.341 e. The molecular formula is C26H25N3O5S. The molecule has 4 amide bonds. The van der Waals surface area contributed by atoms with Crippen molar-refractivity contribution in [1.82, 2.24) is 4.90 Å². The number of nitrogens with zero attached hydrogens (tertiary/aromatic N) is 2. The van der Waals surface area contributed by atoms with Gasteiger partial charge in [-0.1, -0.05) is 48.0 Å². The third kappa shape index (κ3) is 4.95. The van der Waals surface area contributed by atoms with Crippen molar-refractivity contribution in [3.8, 4) is 10.4 Å². The van der Waals surface area contributed by atoms with Gasteiger partial charge in [-0.15, -0.1) is 11.3 Å². The van der Waals surface area contributed by atoms with Crippen LogP contribution in [0.25, 0.3) is 10.4 Å². The minimum Gasteiger partial charge on any atom is -0.462 e. The summed E-state index contributed by atoms with van der Waals surface area (Å²) in [7, 11) is 0. The van der Waals surface area contributed by atoms with Crippen LogP contribution in [0, 0.1) is 6.92 Å². The van der Waals surface area contributed by atoms with Crippen molar-refractivity contribution in [2.24, 2.45) is 0 Å². The summed E-state index contributed by atoms with van der Waals surface area (Å²) < 4.78 is 5.14. The van der Waals surface area contributed by atoms with Crippen molar-refractivity contribution in [1.29, 1.82) is 0 Å². The molecule has 2 heterocycles. The highest BCUT2D eigenvalue weighted by atomic mass is 32.1. The Morgan fingerprint density at radius 3 is 2.40 bits per heavy atom. The van der Waals surface area contributed by atoms with E-state index in [-0.39, 0.29) is 12.2 Å². The zero-order valence-corrected chi connectivity index (χ0v) is 20.4. The number of carbonyl (C=O) groups excluding carboxylic acids is 4. The number of amides is 4. The summed E-state index contributed by atoms with van der Waals surface area (Å²) in [6.07, 6.45) is 0. The van der Waals surface area contributed by atoms with Crippen LogP contribution in [-0.2, 0) is 14.3 Å². The summed E-state index contributed by atoms with van der Waals surface area (Å²) in [5.74, 6) is -1.61. The molecule has 1 atom stereocenters. The number of hydrogen-bond donors (Lipinski definition) is 1.